The lowest BCUT2D eigenvalue weighted by Crippen LogP contribution is -1.97. The molecule has 1 rings (SSSR count). The van der Waals surface area contributed by atoms with Gasteiger partial charge in [0.25, 0.3) is 0 Å². The summed E-state index contributed by atoms with van der Waals surface area (Å²) in [5, 5.41) is 11.6. The van der Waals surface area contributed by atoms with Crippen LogP contribution in [0.3, 0.4) is 0 Å². The Labute approximate surface area is 99.0 Å². The number of aryl methyl sites for hydroxylation is 2. The van der Waals surface area contributed by atoms with Gasteiger partial charge in [-0.15, -0.1) is 0 Å². The maximum atomic E-state index is 8.51. The number of rotatable bonds is 2. The molecule has 1 aromatic carbocycles. The van der Waals surface area contributed by atoms with Crippen LogP contribution in [-0.4, -0.2) is 11.4 Å². The normalized spacial score (nSPS) is 10.4. The van der Waals surface area contributed by atoms with Crippen molar-refractivity contribution in [3.8, 4) is 0 Å². The van der Waals surface area contributed by atoms with Gasteiger partial charge in [-0.05, 0) is 48.1 Å². The second-order valence-electron chi connectivity index (χ2n) is 3.96. The smallest absolute Gasteiger partial charge is 0.0736 e. The van der Waals surface area contributed by atoms with Crippen LogP contribution in [0.15, 0.2) is 17.3 Å². The molecule has 0 atom stereocenters. The van der Waals surface area contributed by atoms with Gasteiger partial charge in [-0.1, -0.05) is 38.9 Å². The summed E-state index contributed by atoms with van der Waals surface area (Å²) in [6, 6.07) is 4.22. The van der Waals surface area contributed by atoms with E-state index in [1.54, 1.807) is 0 Å². The predicted octanol–water partition coefficient (Wildman–Crippen LogP) is 4.26. The van der Waals surface area contributed by atoms with Crippen LogP contribution in [0.4, 0.5) is 0 Å². The molecule has 0 aliphatic carbocycles. The second kappa shape index (κ2) is 7.04. The fraction of sp³-hybridized carbons (Fsp3) is 0.500. The van der Waals surface area contributed by atoms with Gasteiger partial charge in [0, 0.05) is 0 Å². The minimum Gasteiger partial charge on any atom is -0.411 e. The number of hydrogen-bond donors (Lipinski definition) is 1. The van der Waals surface area contributed by atoms with Crippen molar-refractivity contribution in [1.29, 1.82) is 0 Å². The van der Waals surface area contributed by atoms with E-state index in [0.29, 0.717) is 5.92 Å². The lowest BCUT2D eigenvalue weighted by Gasteiger charge is -2.12. The van der Waals surface area contributed by atoms with E-state index in [1.807, 2.05) is 20.8 Å². The number of benzene rings is 1. The van der Waals surface area contributed by atoms with Gasteiger partial charge in [0.2, 0.25) is 0 Å². The van der Waals surface area contributed by atoms with E-state index < -0.39 is 0 Å². The lowest BCUT2D eigenvalue weighted by molar-refractivity contribution is 0.322. The average molecular weight is 221 g/mol. The van der Waals surface area contributed by atoms with E-state index in [0.717, 1.165) is 11.1 Å². The molecule has 0 amide bonds. The zero-order valence-corrected chi connectivity index (χ0v) is 11.2. The van der Waals surface area contributed by atoms with Crippen molar-refractivity contribution in [1.82, 2.24) is 0 Å². The SMILES string of the molecule is CC.Cc1cc(C)c(C(C)C)cc1/C=N/O. The van der Waals surface area contributed by atoms with Gasteiger partial charge in [0.05, 0.1) is 6.21 Å². The monoisotopic (exact) mass is 221 g/mol. The highest BCUT2D eigenvalue weighted by Crippen LogP contribution is 2.22. The third kappa shape index (κ3) is 3.69. The van der Waals surface area contributed by atoms with Crippen LogP contribution in [0.25, 0.3) is 0 Å². The van der Waals surface area contributed by atoms with Crippen molar-refractivity contribution in [2.45, 2.75) is 47.5 Å². The number of hydrogen-bond acceptors (Lipinski definition) is 2. The Balaban J connectivity index is 0.00000106. The quantitative estimate of drug-likeness (QED) is 0.451. The number of oxime groups is 1. The maximum Gasteiger partial charge on any atom is 0.0736 e. The molecule has 0 spiro atoms. The molecule has 1 N–H and O–H groups in total. The van der Waals surface area contributed by atoms with Gasteiger partial charge in [-0.3, -0.25) is 0 Å². The van der Waals surface area contributed by atoms with Gasteiger partial charge in [0.15, 0.2) is 0 Å². The molecule has 2 heteroatoms. The Kier molecular flexibility index (Phi) is 6.47. The van der Waals surface area contributed by atoms with Gasteiger partial charge in [-0.2, -0.15) is 0 Å². The van der Waals surface area contributed by atoms with Gasteiger partial charge < -0.3 is 5.21 Å². The zero-order valence-electron chi connectivity index (χ0n) is 11.2. The van der Waals surface area contributed by atoms with Crippen LogP contribution in [-0.2, 0) is 0 Å². The van der Waals surface area contributed by atoms with Crippen molar-refractivity contribution in [3.05, 3.63) is 34.4 Å². The largest absolute Gasteiger partial charge is 0.411 e. The topological polar surface area (TPSA) is 32.6 Å². The van der Waals surface area contributed by atoms with Gasteiger partial charge >= 0.3 is 0 Å². The second-order valence-corrected chi connectivity index (χ2v) is 3.96. The standard InChI is InChI=1S/C12H17NO.C2H6/c1-8(2)12-6-11(7-13-14)9(3)5-10(12)4;1-2/h5-8,14H,1-4H3;1-2H3/b13-7+;. The van der Waals surface area contributed by atoms with Gasteiger partial charge in [-0.25, -0.2) is 0 Å². The molecule has 16 heavy (non-hydrogen) atoms. The van der Waals surface area contributed by atoms with Gasteiger partial charge in [0.1, 0.15) is 0 Å². The number of nitrogens with zero attached hydrogens (tertiary/aromatic N) is 1. The maximum absolute atomic E-state index is 8.51. The predicted molar refractivity (Wildman–Crippen MR) is 70.7 cm³/mol. The van der Waals surface area contributed by atoms with E-state index in [9.17, 15) is 0 Å². The first-order valence-electron chi connectivity index (χ1n) is 5.84. The fourth-order valence-electron chi connectivity index (χ4n) is 1.71. The molecule has 0 aromatic heterocycles. The van der Waals surface area contributed by atoms with Crippen LogP contribution < -0.4 is 0 Å². The molecule has 0 unspecified atom stereocenters. The molecule has 0 radical (unpaired) electrons. The van der Waals surface area contributed by atoms with Crippen LogP contribution in [0, 0.1) is 13.8 Å². The molecule has 0 bridgehead atoms. The summed E-state index contributed by atoms with van der Waals surface area (Å²) in [6.07, 6.45) is 1.49. The molecule has 0 saturated heterocycles. The third-order valence-electron chi connectivity index (χ3n) is 2.47. The summed E-state index contributed by atoms with van der Waals surface area (Å²) in [5.41, 5.74) is 4.74. The third-order valence-corrected chi connectivity index (χ3v) is 2.47. The summed E-state index contributed by atoms with van der Waals surface area (Å²) < 4.78 is 0. The van der Waals surface area contributed by atoms with Crippen molar-refractivity contribution in [2.24, 2.45) is 5.16 Å². The fourth-order valence-corrected chi connectivity index (χ4v) is 1.71. The highest BCUT2D eigenvalue weighted by Gasteiger charge is 2.06. The Morgan fingerprint density at radius 2 is 1.69 bits per heavy atom. The van der Waals surface area contributed by atoms with E-state index >= 15 is 0 Å². The highest BCUT2D eigenvalue weighted by molar-refractivity contribution is 5.81. The van der Waals surface area contributed by atoms with E-state index in [1.165, 1.54) is 17.3 Å². The Bertz CT molecular complexity index is 354. The van der Waals surface area contributed by atoms with Crippen LogP contribution in [0.5, 0.6) is 0 Å². The highest BCUT2D eigenvalue weighted by atomic mass is 16.4. The van der Waals surface area contributed by atoms with Crippen LogP contribution >= 0.6 is 0 Å². The van der Waals surface area contributed by atoms with E-state index in [2.05, 4.69) is 38.1 Å². The van der Waals surface area contributed by atoms with Crippen molar-refractivity contribution < 1.29 is 5.21 Å². The molecule has 0 heterocycles. The molecule has 0 aliphatic heterocycles. The summed E-state index contributed by atoms with van der Waals surface area (Å²) in [7, 11) is 0. The first-order valence-corrected chi connectivity index (χ1v) is 5.84. The van der Waals surface area contributed by atoms with E-state index in [-0.39, 0.29) is 0 Å². The summed E-state index contributed by atoms with van der Waals surface area (Å²) in [5.74, 6) is 0.501. The molecule has 0 aliphatic rings. The summed E-state index contributed by atoms with van der Waals surface area (Å²) in [4.78, 5) is 0. The summed E-state index contributed by atoms with van der Waals surface area (Å²) in [6.45, 7) is 12.5. The van der Waals surface area contributed by atoms with Crippen molar-refractivity contribution >= 4 is 6.21 Å². The summed E-state index contributed by atoms with van der Waals surface area (Å²) >= 11 is 0. The van der Waals surface area contributed by atoms with Crippen LogP contribution in [0.2, 0.25) is 0 Å². The molecule has 90 valence electrons. The Morgan fingerprint density at radius 1 is 1.12 bits per heavy atom. The van der Waals surface area contributed by atoms with Crippen LogP contribution in [0.1, 0.15) is 55.9 Å². The Hall–Kier alpha value is -1.31. The van der Waals surface area contributed by atoms with Crippen molar-refractivity contribution in [3.63, 3.8) is 0 Å². The molecule has 2 nitrogen and oxygen atoms in total. The molecule has 0 fully saturated rings. The minimum atomic E-state index is 0.501. The first-order chi connectivity index (χ1) is 7.56. The molecule has 1 aromatic rings. The Morgan fingerprint density at radius 3 is 2.12 bits per heavy atom. The zero-order chi connectivity index (χ0) is 12.7. The first kappa shape index (κ1) is 14.7. The molecular formula is C14H23NO. The van der Waals surface area contributed by atoms with E-state index in [4.69, 9.17) is 5.21 Å². The molecule has 0 saturated carbocycles. The minimum absolute atomic E-state index is 0.501. The molecular weight excluding hydrogens is 198 g/mol. The average Bonchev–Trinajstić information content (AvgIpc) is 2.24. The lowest BCUT2D eigenvalue weighted by atomic mass is 9.93. The van der Waals surface area contributed by atoms with Crippen molar-refractivity contribution in [2.75, 3.05) is 0 Å².